The highest BCUT2D eigenvalue weighted by Gasteiger charge is 2.05. The molecule has 0 fully saturated rings. The maximum atomic E-state index is 13.0. The average molecular weight is 251 g/mol. The lowest BCUT2D eigenvalue weighted by Crippen LogP contribution is -2.08. The second-order valence-corrected chi connectivity index (χ2v) is 4.10. The summed E-state index contributed by atoms with van der Waals surface area (Å²) in [4.78, 5) is 0. The zero-order valence-corrected chi connectivity index (χ0v) is 10.4. The molecule has 1 N–H and O–H groups in total. The van der Waals surface area contributed by atoms with E-state index in [0.29, 0.717) is 12.2 Å². The van der Waals surface area contributed by atoms with Gasteiger partial charge in [-0.1, -0.05) is 0 Å². The van der Waals surface area contributed by atoms with Gasteiger partial charge in [0.1, 0.15) is 11.6 Å². The first-order valence-electron chi connectivity index (χ1n) is 5.82. The largest absolute Gasteiger partial charge is 0.379 e. The summed E-state index contributed by atoms with van der Waals surface area (Å²) >= 11 is 0. The van der Waals surface area contributed by atoms with Crippen molar-refractivity contribution in [3.8, 4) is 0 Å². The van der Waals surface area contributed by atoms with Crippen LogP contribution in [0.2, 0.25) is 0 Å². The predicted molar refractivity (Wildman–Crippen MR) is 66.3 cm³/mol. The van der Waals surface area contributed by atoms with Gasteiger partial charge in [0, 0.05) is 18.3 Å². The van der Waals surface area contributed by atoms with Crippen molar-refractivity contribution in [3.05, 3.63) is 47.3 Å². The Morgan fingerprint density at radius 2 is 1.83 bits per heavy atom. The predicted octanol–water partition coefficient (Wildman–Crippen LogP) is 3.10. The van der Waals surface area contributed by atoms with Gasteiger partial charge in [-0.15, -0.1) is 0 Å². The van der Waals surface area contributed by atoms with Crippen LogP contribution in [0.15, 0.2) is 24.3 Å². The van der Waals surface area contributed by atoms with E-state index in [1.807, 2.05) is 24.6 Å². The Kier molecular flexibility index (Phi) is 3.60. The molecule has 3 nitrogen and oxygen atoms in total. The number of aryl methyl sites for hydroxylation is 2. The molecule has 96 valence electrons. The van der Waals surface area contributed by atoms with Gasteiger partial charge in [-0.2, -0.15) is 5.10 Å². The van der Waals surface area contributed by atoms with Crippen LogP contribution in [0.5, 0.6) is 0 Å². The minimum absolute atomic E-state index is 0.425. The first-order valence-corrected chi connectivity index (χ1v) is 5.82. The van der Waals surface area contributed by atoms with Crippen LogP contribution in [0.4, 0.5) is 14.5 Å². The number of rotatable bonds is 4. The molecule has 1 aromatic heterocycles. The van der Waals surface area contributed by atoms with Gasteiger partial charge in [0.15, 0.2) is 0 Å². The van der Waals surface area contributed by atoms with E-state index in [4.69, 9.17) is 0 Å². The third kappa shape index (κ3) is 2.85. The molecule has 18 heavy (non-hydrogen) atoms. The Morgan fingerprint density at radius 1 is 1.17 bits per heavy atom. The van der Waals surface area contributed by atoms with Gasteiger partial charge in [0.2, 0.25) is 0 Å². The monoisotopic (exact) mass is 251 g/mol. The summed E-state index contributed by atoms with van der Waals surface area (Å²) in [6.45, 7) is 5.16. The van der Waals surface area contributed by atoms with Gasteiger partial charge >= 0.3 is 0 Å². The number of halogens is 2. The summed E-state index contributed by atoms with van der Waals surface area (Å²) in [5.41, 5.74) is 2.34. The SMILES string of the molecule is CCn1nc(C)cc1CNc1cc(F)cc(F)c1. The van der Waals surface area contributed by atoms with Crippen LogP contribution in [0.25, 0.3) is 0 Å². The van der Waals surface area contributed by atoms with E-state index in [-0.39, 0.29) is 0 Å². The first kappa shape index (κ1) is 12.5. The van der Waals surface area contributed by atoms with E-state index < -0.39 is 11.6 Å². The van der Waals surface area contributed by atoms with E-state index in [0.717, 1.165) is 24.0 Å². The van der Waals surface area contributed by atoms with Gasteiger partial charge in [0.25, 0.3) is 0 Å². The molecule has 0 aliphatic heterocycles. The Bertz CT molecular complexity index is 529. The minimum atomic E-state index is -0.585. The van der Waals surface area contributed by atoms with Crippen LogP contribution < -0.4 is 5.32 Å². The normalized spacial score (nSPS) is 10.7. The minimum Gasteiger partial charge on any atom is -0.379 e. The topological polar surface area (TPSA) is 29.9 Å². The number of benzene rings is 1. The van der Waals surface area contributed by atoms with Crippen molar-refractivity contribution >= 4 is 5.69 Å². The molecule has 0 spiro atoms. The molecule has 2 aromatic rings. The summed E-state index contributed by atoms with van der Waals surface area (Å²) in [7, 11) is 0. The zero-order chi connectivity index (χ0) is 13.1. The van der Waals surface area contributed by atoms with Gasteiger partial charge < -0.3 is 5.32 Å². The van der Waals surface area contributed by atoms with Crippen LogP contribution in [0.1, 0.15) is 18.3 Å². The number of nitrogens with zero attached hydrogens (tertiary/aromatic N) is 2. The molecule has 5 heteroatoms. The van der Waals surface area contributed by atoms with Crippen molar-refractivity contribution in [2.45, 2.75) is 26.9 Å². The highest BCUT2D eigenvalue weighted by molar-refractivity contribution is 5.44. The van der Waals surface area contributed by atoms with Gasteiger partial charge in [-0.3, -0.25) is 4.68 Å². The quantitative estimate of drug-likeness (QED) is 0.904. The van der Waals surface area contributed by atoms with E-state index >= 15 is 0 Å². The third-order valence-corrected chi connectivity index (χ3v) is 2.62. The number of nitrogens with one attached hydrogen (secondary N) is 1. The van der Waals surface area contributed by atoms with Gasteiger partial charge in [-0.05, 0) is 32.0 Å². The molecule has 0 aliphatic rings. The molecule has 1 aromatic carbocycles. The fourth-order valence-electron chi connectivity index (χ4n) is 1.86. The Balaban J connectivity index is 2.11. The van der Waals surface area contributed by atoms with Crippen molar-refractivity contribution in [1.82, 2.24) is 9.78 Å². The standard InChI is InChI=1S/C13H15F2N3/c1-3-18-13(4-9(2)17-18)8-16-12-6-10(14)5-11(15)7-12/h4-7,16H,3,8H2,1-2H3. The van der Waals surface area contributed by atoms with Gasteiger partial charge in [0.05, 0.1) is 17.9 Å². The van der Waals surface area contributed by atoms with Crippen LogP contribution in [0, 0.1) is 18.6 Å². The fraction of sp³-hybridized carbons (Fsp3) is 0.308. The van der Waals surface area contributed by atoms with E-state index in [9.17, 15) is 8.78 Å². The molecular formula is C13H15F2N3. The number of hydrogen-bond acceptors (Lipinski definition) is 2. The lowest BCUT2D eigenvalue weighted by Gasteiger charge is -2.08. The summed E-state index contributed by atoms with van der Waals surface area (Å²) in [5, 5.41) is 7.29. The van der Waals surface area contributed by atoms with Crippen molar-refractivity contribution in [2.24, 2.45) is 0 Å². The Labute approximate surface area is 104 Å². The first-order chi connectivity index (χ1) is 8.58. The fourth-order valence-corrected chi connectivity index (χ4v) is 1.86. The Hall–Kier alpha value is -1.91. The molecule has 0 saturated carbocycles. The molecule has 0 saturated heterocycles. The average Bonchev–Trinajstić information content (AvgIpc) is 2.66. The van der Waals surface area contributed by atoms with Crippen LogP contribution in [0.3, 0.4) is 0 Å². The van der Waals surface area contributed by atoms with Crippen molar-refractivity contribution in [2.75, 3.05) is 5.32 Å². The molecular weight excluding hydrogens is 236 g/mol. The lowest BCUT2D eigenvalue weighted by molar-refractivity contribution is 0.583. The van der Waals surface area contributed by atoms with Crippen LogP contribution in [-0.2, 0) is 13.1 Å². The second kappa shape index (κ2) is 5.16. The van der Waals surface area contributed by atoms with Crippen molar-refractivity contribution in [1.29, 1.82) is 0 Å². The van der Waals surface area contributed by atoms with E-state index in [1.165, 1.54) is 12.1 Å². The molecule has 0 amide bonds. The highest BCUT2D eigenvalue weighted by atomic mass is 19.1. The molecule has 0 bridgehead atoms. The van der Waals surface area contributed by atoms with Gasteiger partial charge in [-0.25, -0.2) is 8.78 Å². The van der Waals surface area contributed by atoms with E-state index in [1.54, 1.807) is 0 Å². The number of hydrogen-bond donors (Lipinski definition) is 1. The highest BCUT2D eigenvalue weighted by Crippen LogP contribution is 2.14. The lowest BCUT2D eigenvalue weighted by atomic mass is 10.3. The number of anilines is 1. The van der Waals surface area contributed by atoms with Crippen molar-refractivity contribution in [3.63, 3.8) is 0 Å². The molecule has 0 atom stereocenters. The molecule has 1 heterocycles. The summed E-state index contributed by atoms with van der Waals surface area (Å²) in [6, 6.07) is 5.34. The molecule has 0 radical (unpaired) electrons. The smallest absolute Gasteiger partial charge is 0.128 e. The maximum Gasteiger partial charge on any atom is 0.128 e. The molecule has 2 rings (SSSR count). The number of aromatic nitrogens is 2. The third-order valence-electron chi connectivity index (χ3n) is 2.62. The Morgan fingerprint density at radius 3 is 2.44 bits per heavy atom. The van der Waals surface area contributed by atoms with Crippen molar-refractivity contribution < 1.29 is 8.78 Å². The summed E-state index contributed by atoms with van der Waals surface area (Å²) in [5.74, 6) is -1.17. The second-order valence-electron chi connectivity index (χ2n) is 4.10. The summed E-state index contributed by atoms with van der Waals surface area (Å²) in [6.07, 6.45) is 0. The molecule has 0 aliphatic carbocycles. The maximum absolute atomic E-state index is 13.0. The summed E-state index contributed by atoms with van der Waals surface area (Å²) < 4.78 is 27.9. The van der Waals surface area contributed by atoms with E-state index in [2.05, 4.69) is 10.4 Å². The van der Waals surface area contributed by atoms with Crippen LogP contribution >= 0.6 is 0 Å². The molecule has 0 unspecified atom stereocenters. The van der Waals surface area contributed by atoms with Crippen LogP contribution in [-0.4, -0.2) is 9.78 Å². The zero-order valence-electron chi connectivity index (χ0n) is 10.4.